The molecule has 0 aliphatic carbocycles. The van der Waals surface area contributed by atoms with E-state index in [-0.39, 0.29) is 0 Å². The average molecular weight is 289 g/mol. The number of thioether (sulfide) groups is 1. The minimum atomic E-state index is 0.424. The van der Waals surface area contributed by atoms with Gasteiger partial charge in [-0.1, -0.05) is 13.8 Å². The van der Waals surface area contributed by atoms with E-state index >= 15 is 0 Å². The van der Waals surface area contributed by atoms with Gasteiger partial charge in [0.15, 0.2) is 0 Å². The molecule has 1 fully saturated rings. The monoisotopic (exact) mass is 288 g/mol. The van der Waals surface area contributed by atoms with Crippen LogP contribution in [0.4, 0.5) is 0 Å². The Kier molecular flexibility index (Phi) is 8.38. The van der Waals surface area contributed by atoms with Crippen LogP contribution in [0, 0.1) is 5.92 Å². The zero-order valence-electron chi connectivity index (χ0n) is 13.3. The summed E-state index contributed by atoms with van der Waals surface area (Å²) in [5, 5.41) is 3.50. The summed E-state index contributed by atoms with van der Waals surface area (Å²) in [7, 11) is 2.22. The number of hydrogen-bond acceptors (Lipinski definition) is 4. The van der Waals surface area contributed by atoms with E-state index < -0.39 is 0 Å². The molecule has 0 aromatic carbocycles. The second-order valence-electron chi connectivity index (χ2n) is 6.25. The Morgan fingerprint density at radius 1 is 1.26 bits per heavy atom. The molecule has 0 spiro atoms. The third-order valence-electron chi connectivity index (χ3n) is 3.77. The van der Waals surface area contributed by atoms with Crippen LogP contribution in [0.25, 0.3) is 0 Å². The predicted molar refractivity (Wildman–Crippen MR) is 86.1 cm³/mol. The van der Waals surface area contributed by atoms with E-state index in [0.29, 0.717) is 18.2 Å². The molecule has 1 rings (SSSR count). The maximum Gasteiger partial charge on any atom is 0.0707 e. The molecule has 0 saturated carbocycles. The predicted octanol–water partition coefficient (Wildman–Crippen LogP) is 2.46. The first kappa shape index (κ1) is 17.3. The first-order valence-electron chi connectivity index (χ1n) is 7.58. The van der Waals surface area contributed by atoms with Gasteiger partial charge in [0.1, 0.15) is 0 Å². The summed E-state index contributed by atoms with van der Waals surface area (Å²) in [5.41, 5.74) is 0. The second kappa shape index (κ2) is 9.22. The molecule has 1 aliphatic rings. The Labute approximate surface area is 123 Å². The van der Waals surface area contributed by atoms with Gasteiger partial charge >= 0.3 is 0 Å². The van der Waals surface area contributed by atoms with E-state index in [9.17, 15) is 0 Å². The lowest BCUT2D eigenvalue weighted by molar-refractivity contribution is 0.0232. The molecule has 0 radical (unpaired) electrons. The molecule has 4 heteroatoms. The number of hydrogen-bond donors (Lipinski definition) is 1. The Balaban J connectivity index is 2.17. The van der Waals surface area contributed by atoms with E-state index in [2.05, 4.69) is 44.3 Å². The van der Waals surface area contributed by atoms with Gasteiger partial charge in [-0.15, -0.1) is 0 Å². The van der Waals surface area contributed by atoms with Crippen molar-refractivity contribution in [3.8, 4) is 0 Å². The fourth-order valence-corrected chi connectivity index (χ4v) is 3.20. The first-order chi connectivity index (χ1) is 9.02. The van der Waals surface area contributed by atoms with E-state index in [1.54, 1.807) is 0 Å². The first-order valence-corrected chi connectivity index (χ1v) is 8.97. The largest absolute Gasteiger partial charge is 0.372 e. The van der Waals surface area contributed by atoms with Crippen molar-refractivity contribution in [3.05, 3.63) is 0 Å². The molecule has 0 aromatic rings. The SMILES string of the molecule is CSCC(C)N(C)CC1CCC(CNCC(C)C)O1. The van der Waals surface area contributed by atoms with Crippen LogP contribution in [0.15, 0.2) is 0 Å². The molecular weight excluding hydrogens is 256 g/mol. The number of likely N-dealkylation sites (N-methyl/N-ethyl adjacent to an activating group) is 1. The molecule has 1 aliphatic heterocycles. The van der Waals surface area contributed by atoms with Crippen LogP contribution < -0.4 is 5.32 Å². The molecule has 1 heterocycles. The van der Waals surface area contributed by atoms with Gasteiger partial charge in [-0.25, -0.2) is 0 Å². The third-order valence-corrected chi connectivity index (χ3v) is 4.59. The summed E-state index contributed by atoms with van der Waals surface area (Å²) in [4.78, 5) is 2.44. The topological polar surface area (TPSA) is 24.5 Å². The lowest BCUT2D eigenvalue weighted by Gasteiger charge is -2.27. The van der Waals surface area contributed by atoms with Crippen LogP contribution in [-0.2, 0) is 4.74 Å². The van der Waals surface area contributed by atoms with Gasteiger partial charge in [-0.3, -0.25) is 0 Å². The molecule has 1 saturated heterocycles. The van der Waals surface area contributed by atoms with E-state index in [1.807, 2.05) is 11.8 Å². The minimum absolute atomic E-state index is 0.424. The lowest BCUT2D eigenvalue weighted by atomic mass is 10.1. The van der Waals surface area contributed by atoms with Crippen molar-refractivity contribution in [1.82, 2.24) is 10.2 Å². The highest BCUT2D eigenvalue weighted by molar-refractivity contribution is 7.98. The van der Waals surface area contributed by atoms with Crippen molar-refractivity contribution in [1.29, 1.82) is 0 Å². The maximum absolute atomic E-state index is 6.13. The summed E-state index contributed by atoms with van der Waals surface area (Å²) in [6, 6.07) is 0.636. The number of rotatable bonds is 9. The van der Waals surface area contributed by atoms with Crippen LogP contribution in [0.2, 0.25) is 0 Å². The summed E-state index contributed by atoms with van der Waals surface area (Å²) in [5.74, 6) is 1.92. The normalized spacial score (nSPS) is 25.4. The van der Waals surface area contributed by atoms with Gasteiger partial charge in [-0.05, 0) is 45.5 Å². The zero-order chi connectivity index (χ0) is 14.3. The third kappa shape index (κ3) is 6.98. The summed E-state index contributed by atoms with van der Waals surface area (Å²) >= 11 is 1.92. The smallest absolute Gasteiger partial charge is 0.0707 e. The van der Waals surface area contributed by atoms with Crippen molar-refractivity contribution in [2.24, 2.45) is 5.92 Å². The van der Waals surface area contributed by atoms with Crippen molar-refractivity contribution < 1.29 is 4.74 Å². The van der Waals surface area contributed by atoms with Crippen LogP contribution in [0.1, 0.15) is 33.6 Å². The highest BCUT2D eigenvalue weighted by Crippen LogP contribution is 2.20. The molecule has 19 heavy (non-hydrogen) atoms. The van der Waals surface area contributed by atoms with Gasteiger partial charge in [-0.2, -0.15) is 11.8 Å². The molecular formula is C15H32N2OS. The van der Waals surface area contributed by atoms with Crippen LogP contribution in [0.3, 0.4) is 0 Å². The minimum Gasteiger partial charge on any atom is -0.372 e. The fourth-order valence-electron chi connectivity index (χ4n) is 2.47. The Hall–Kier alpha value is 0.230. The van der Waals surface area contributed by atoms with Crippen molar-refractivity contribution in [2.75, 3.05) is 38.7 Å². The van der Waals surface area contributed by atoms with Crippen LogP contribution in [0.5, 0.6) is 0 Å². The van der Waals surface area contributed by atoms with Crippen molar-refractivity contribution in [3.63, 3.8) is 0 Å². The Morgan fingerprint density at radius 3 is 2.58 bits per heavy atom. The summed E-state index contributed by atoms with van der Waals surface area (Å²) in [6.45, 7) is 9.96. The van der Waals surface area contributed by atoms with Gasteiger partial charge in [0.2, 0.25) is 0 Å². The van der Waals surface area contributed by atoms with E-state index in [1.165, 1.54) is 18.6 Å². The van der Waals surface area contributed by atoms with Crippen LogP contribution >= 0.6 is 11.8 Å². The lowest BCUT2D eigenvalue weighted by Crippen LogP contribution is -2.38. The molecule has 3 atom stereocenters. The average Bonchev–Trinajstić information content (AvgIpc) is 2.76. The number of ether oxygens (including phenoxy) is 1. The fraction of sp³-hybridized carbons (Fsp3) is 1.00. The quantitative estimate of drug-likeness (QED) is 0.704. The van der Waals surface area contributed by atoms with Crippen molar-refractivity contribution in [2.45, 2.75) is 51.9 Å². The van der Waals surface area contributed by atoms with Crippen molar-refractivity contribution >= 4 is 11.8 Å². The second-order valence-corrected chi connectivity index (χ2v) is 7.16. The van der Waals surface area contributed by atoms with E-state index in [0.717, 1.165) is 25.6 Å². The number of nitrogens with zero attached hydrogens (tertiary/aromatic N) is 1. The molecule has 0 bridgehead atoms. The van der Waals surface area contributed by atoms with Crippen LogP contribution in [-0.4, -0.2) is 61.8 Å². The van der Waals surface area contributed by atoms with Gasteiger partial charge < -0.3 is 15.0 Å². The Bertz CT molecular complexity index is 238. The molecule has 3 unspecified atom stereocenters. The molecule has 0 aromatic heterocycles. The van der Waals surface area contributed by atoms with E-state index in [4.69, 9.17) is 4.74 Å². The molecule has 114 valence electrons. The summed E-state index contributed by atoms with van der Waals surface area (Å²) in [6.07, 6.45) is 5.45. The van der Waals surface area contributed by atoms with Gasteiger partial charge in [0.05, 0.1) is 12.2 Å². The zero-order valence-corrected chi connectivity index (χ0v) is 14.1. The molecule has 0 amide bonds. The maximum atomic E-state index is 6.13. The highest BCUT2D eigenvalue weighted by Gasteiger charge is 2.26. The molecule has 1 N–H and O–H groups in total. The Morgan fingerprint density at radius 2 is 1.95 bits per heavy atom. The summed E-state index contributed by atoms with van der Waals surface area (Å²) < 4.78 is 6.13. The molecule has 3 nitrogen and oxygen atoms in total. The van der Waals surface area contributed by atoms with Gasteiger partial charge in [0, 0.05) is 24.9 Å². The number of nitrogens with one attached hydrogen (secondary N) is 1. The highest BCUT2D eigenvalue weighted by atomic mass is 32.2. The van der Waals surface area contributed by atoms with Gasteiger partial charge in [0.25, 0.3) is 0 Å². The standard InChI is InChI=1S/C15H32N2OS/c1-12(2)8-16-9-14-6-7-15(18-14)10-17(4)13(3)11-19-5/h12-16H,6-11H2,1-5H3.